The second-order valence-electron chi connectivity index (χ2n) is 5.95. The van der Waals surface area contributed by atoms with Crippen LogP contribution >= 0.6 is 0 Å². The largest absolute Gasteiger partial charge is 0.389 e. The Labute approximate surface area is 128 Å². The van der Waals surface area contributed by atoms with Crippen molar-refractivity contribution in [2.24, 2.45) is 0 Å². The quantitative estimate of drug-likeness (QED) is 0.775. The number of aliphatic hydroxyl groups is 1. The van der Waals surface area contributed by atoms with Crippen LogP contribution in [0.2, 0.25) is 0 Å². The highest BCUT2D eigenvalue weighted by Crippen LogP contribution is 2.20. The average molecular weight is 313 g/mol. The second-order valence-corrected chi connectivity index (χ2v) is 7.72. The van der Waals surface area contributed by atoms with E-state index in [4.69, 9.17) is 0 Å². The lowest BCUT2D eigenvalue weighted by atomic mass is 9.99. The lowest BCUT2D eigenvalue weighted by Crippen LogP contribution is -2.40. The predicted molar refractivity (Wildman–Crippen MR) is 85.9 cm³/mol. The summed E-state index contributed by atoms with van der Waals surface area (Å²) in [7, 11) is -3.57. The Morgan fingerprint density at radius 2 is 1.81 bits per heavy atom. The SMILES string of the molecule is CCCC(C)(O)CNS(=O)(=O)c1ccc(C(C)CC)cc1. The zero-order chi connectivity index (χ0) is 16.1. The Bertz CT molecular complexity index is 535. The molecule has 4 nitrogen and oxygen atoms in total. The number of benzene rings is 1. The molecule has 2 unspecified atom stereocenters. The molecule has 2 N–H and O–H groups in total. The molecule has 0 bridgehead atoms. The van der Waals surface area contributed by atoms with E-state index in [9.17, 15) is 13.5 Å². The summed E-state index contributed by atoms with van der Waals surface area (Å²) in [5.41, 5.74) is 0.118. The minimum atomic E-state index is -3.57. The van der Waals surface area contributed by atoms with Crippen LogP contribution in [0, 0.1) is 0 Å². The van der Waals surface area contributed by atoms with Gasteiger partial charge in [-0.2, -0.15) is 0 Å². The van der Waals surface area contributed by atoms with Gasteiger partial charge >= 0.3 is 0 Å². The van der Waals surface area contributed by atoms with Gasteiger partial charge in [-0.15, -0.1) is 0 Å². The van der Waals surface area contributed by atoms with Gasteiger partial charge in [0.2, 0.25) is 10.0 Å². The Hall–Kier alpha value is -0.910. The first kappa shape index (κ1) is 18.1. The highest BCUT2D eigenvalue weighted by atomic mass is 32.2. The molecular weight excluding hydrogens is 286 g/mol. The fourth-order valence-corrected chi connectivity index (χ4v) is 3.33. The van der Waals surface area contributed by atoms with Crippen molar-refractivity contribution in [1.82, 2.24) is 4.72 Å². The van der Waals surface area contributed by atoms with E-state index in [1.54, 1.807) is 19.1 Å². The molecule has 1 rings (SSSR count). The Morgan fingerprint density at radius 1 is 1.24 bits per heavy atom. The van der Waals surface area contributed by atoms with Crippen LogP contribution in [0.4, 0.5) is 0 Å². The topological polar surface area (TPSA) is 66.4 Å². The molecule has 0 spiro atoms. The van der Waals surface area contributed by atoms with Crippen LogP contribution in [0.15, 0.2) is 29.2 Å². The van der Waals surface area contributed by atoms with E-state index in [2.05, 4.69) is 18.6 Å². The fraction of sp³-hybridized carbons (Fsp3) is 0.625. The third-order valence-corrected chi connectivity index (χ3v) is 5.22. The van der Waals surface area contributed by atoms with Crippen molar-refractivity contribution in [3.05, 3.63) is 29.8 Å². The minimum Gasteiger partial charge on any atom is -0.389 e. The molecule has 1 aromatic rings. The highest BCUT2D eigenvalue weighted by Gasteiger charge is 2.23. The molecule has 0 radical (unpaired) electrons. The van der Waals surface area contributed by atoms with Crippen molar-refractivity contribution >= 4 is 10.0 Å². The molecule has 21 heavy (non-hydrogen) atoms. The normalized spacial score (nSPS) is 16.4. The first-order chi connectivity index (χ1) is 9.72. The molecule has 1 aromatic carbocycles. The molecule has 0 fully saturated rings. The lowest BCUT2D eigenvalue weighted by molar-refractivity contribution is 0.0554. The van der Waals surface area contributed by atoms with E-state index in [1.165, 1.54) is 0 Å². The van der Waals surface area contributed by atoms with E-state index < -0.39 is 15.6 Å². The van der Waals surface area contributed by atoms with Crippen LogP contribution in [-0.4, -0.2) is 25.7 Å². The molecule has 0 aromatic heterocycles. The summed E-state index contributed by atoms with van der Waals surface area (Å²) in [6.07, 6.45) is 2.38. The van der Waals surface area contributed by atoms with Gasteiger partial charge in [-0.05, 0) is 43.4 Å². The van der Waals surface area contributed by atoms with Gasteiger partial charge in [0.25, 0.3) is 0 Å². The molecule has 0 aliphatic heterocycles. The molecule has 5 heteroatoms. The van der Waals surface area contributed by atoms with Crippen molar-refractivity contribution < 1.29 is 13.5 Å². The van der Waals surface area contributed by atoms with Gasteiger partial charge in [-0.1, -0.05) is 39.3 Å². The van der Waals surface area contributed by atoms with Crippen LogP contribution in [0.1, 0.15) is 58.4 Å². The van der Waals surface area contributed by atoms with E-state index in [0.717, 1.165) is 18.4 Å². The molecule has 0 heterocycles. The van der Waals surface area contributed by atoms with Crippen LogP contribution in [0.3, 0.4) is 0 Å². The van der Waals surface area contributed by atoms with Gasteiger partial charge < -0.3 is 5.11 Å². The number of sulfonamides is 1. The highest BCUT2D eigenvalue weighted by molar-refractivity contribution is 7.89. The standard InChI is InChI=1S/C16H27NO3S/c1-5-11-16(4,18)12-17-21(19,20)15-9-7-14(8-10-15)13(3)6-2/h7-10,13,17-18H,5-6,11-12H2,1-4H3. The second kappa shape index (κ2) is 7.38. The van der Waals surface area contributed by atoms with Crippen LogP contribution in [0.5, 0.6) is 0 Å². The van der Waals surface area contributed by atoms with E-state index in [1.807, 2.05) is 19.1 Å². The van der Waals surface area contributed by atoms with Crippen molar-refractivity contribution in [3.63, 3.8) is 0 Å². The van der Waals surface area contributed by atoms with Gasteiger partial charge in [0.15, 0.2) is 0 Å². The summed E-state index contributed by atoms with van der Waals surface area (Å²) in [6.45, 7) is 7.84. The van der Waals surface area contributed by atoms with Gasteiger partial charge in [0, 0.05) is 6.54 Å². The van der Waals surface area contributed by atoms with E-state index >= 15 is 0 Å². The molecule has 0 aliphatic carbocycles. The zero-order valence-corrected chi connectivity index (χ0v) is 14.2. The fourth-order valence-electron chi connectivity index (χ4n) is 2.17. The van der Waals surface area contributed by atoms with Gasteiger partial charge in [-0.25, -0.2) is 13.1 Å². The molecule has 0 amide bonds. The van der Waals surface area contributed by atoms with Gasteiger partial charge in [-0.3, -0.25) is 0 Å². The van der Waals surface area contributed by atoms with Crippen LogP contribution in [-0.2, 0) is 10.0 Å². The lowest BCUT2D eigenvalue weighted by Gasteiger charge is -2.23. The first-order valence-electron chi connectivity index (χ1n) is 7.54. The molecule has 0 saturated heterocycles. The minimum absolute atomic E-state index is 0.0241. The van der Waals surface area contributed by atoms with Crippen LogP contribution in [0.25, 0.3) is 0 Å². The number of nitrogens with one attached hydrogen (secondary N) is 1. The molecular formula is C16H27NO3S. The van der Waals surface area contributed by atoms with Crippen LogP contribution < -0.4 is 4.72 Å². The van der Waals surface area contributed by atoms with E-state index in [-0.39, 0.29) is 11.4 Å². The maximum absolute atomic E-state index is 12.2. The monoisotopic (exact) mass is 313 g/mol. The van der Waals surface area contributed by atoms with Crippen molar-refractivity contribution in [2.45, 2.75) is 63.4 Å². The van der Waals surface area contributed by atoms with Crippen molar-refractivity contribution in [2.75, 3.05) is 6.54 Å². The van der Waals surface area contributed by atoms with Crippen molar-refractivity contribution in [1.29, 1.82) is 0 Å². The summed E-state index contributed by atoms with van der Waals surface area (Å²) in [5.74, 6) is 0.417. The Kier molecular flexibility index (Phi) is 6.38. The molecule has 120 valence electrons. The molecule has 2 atom stereocenters. The van der Waals surface area contributed by atoms with E-state index in [0.29, 0.717) is 12.3 Å². The number of hydrogen-bond donors (Lipinski definition) is 2. The summed E-state index contributed by atoms with van der Waals surface area (Å²) < 4.78 is 26.9. The maximum Gasteiger partial charge on any atom is 0.240 e. The third kappa shape index (κ3) is 5.41. The number of hydrogen-bond acceptors (Lipinski definition) is 3. The molecule has 0 saturated carbocycles. The first-order valence-corrected chi connectivity index (χ1v) is 9.02. The third-order valence-electron chi connectivity index (χ3n) is 3.80. The Balaban J connectivity index is 2.79. The Morgan fingerprint density at radius 3 is 2.29 bits per heavy atom. The van der Waals surface area contributed by atoms with Crippen molar-refractivity contribution in [3.8, 4) is 0 Å². The smallest absolute Gasteiger partial charge is 0.240 e. The summed E-state index contributed by atoms with van der Waals surface area (Å²) in [4.78, 5) is 0.238. The summed E-state index contributed by atoms with van der Waals surface area (Å²) in [6, 6.07) is 6.95. The average Bonchev–Trinajstić information content (AvgIpc) is 2.45. The zero-order valence-electron chi connectivity index (χ0n) is 13.4. The number of rotatable bonds is 8. The van der Waals surface area contributed by atoms with Gasteiger partial charge in [0.05, 0.1) is 10.5 Å². The summed E-state index contributed by atoms with van der Waals surface area (Å²) in [5, 5.41) is 10.0. The maximum atomic E-state index is 12.2. The predicted octanol–water partition coefficient (Wildman–Crippen LogP) is 3.03. The van der Waals surface area contributed by atoms with Gasteiger partial charge in [0.1, 0.15) is 0 Å². The molecule has 0 aliphatic rings. The summed E-state index contributed by atoms with van der Waals surface area (Å²) >= 11 is 0.